The quantitative estimate of drug-likeness (QED) is 0.196. The lowest BCUT2D eigenvalue weighted by atomic mass is 9.93. The van der Waals surface area contributed by atoms with Gasteiger partial charge in [-0.05, 0) is 61.6 Å². The highest BCUT2D eigenvalue weighted by Gasteiger charge is 2.52. The van der Waals surface area contributed by atoms with Gasteiger partial charge in [0.05, 0.1) is 17.7 Å². The number of aromatic nitrogens is 2. The highest BCUT2D eigenvalue weighted by Crippen LogP contribution is 2.49. The summed E-state index contributed by atoms with van der Waals surface area (Å²) in [6.07, 6.45) is 1.68. The zero-order valence-electron chi connectivity index (χ0n) is 22.3. The number of ether oxygens (including phenoxy) is 1. The lowest BCUT2D eigenvalue weighted by molar-refractivity contribution is -0.146. The molecule has 200 valence electrons. The average Bonchev–Trinajstić information content (AvgIpc) is 3.72. The van der Waals surface area contributed by atoms with Crippen molar-refractivity contribution < 1.29 is 14.1 Å². The third-order valence-electron chi connectivity index (χ3n) is 7.35. The topological polar surface area (TPSA) is 77.2 Å². The molecule has 40 heavy (non-hydrogen) atoms. The minimum absolute atomic E-state index is 0.121. The highest BCUT2D eigenvalue weighted by molar-refractivity contribution is 6.33. The van der Waals surface area contributed by atoms with Gasteiger partial charge in [-0.1, -0.05) is 89.6 Å². The summed E-state index contributed by atoms with van der Waals surface area (Å²) >= 11 is 6.39. The number of rotatable bonds is 8. The second kappa shape index (κ2) is 10.6. The normalized spacial score (nSPS) is 13.6. The molecule has 1 N–H and O–H groups in total. The first-order valence-corrected chi connectivity index (χ1v) is 13.7. The van der Waals surface area contributed by atoms with Crippen LogP contribution in [0.5, 0.6) is 0 Å². The van der Waals surface area contributed by atoms with Gasteiger partial charge < -0.3 is 14.6 Å². The van der Waals surface area contributed by atoms with E-state index >= 15 is 0 Å². The Kier molecular flexibility index (Phi) is 6.86. The molecule has 3 aromatic carbocycles. The molecule has 6 nitrogen and oxygen atoms in total. The smallest absolute Gasteiger partial charge is 0.316 e. The van der Waals surface area contributed by atoms with Crippen molar-refractivity contribution in [3.63, 3.8) is 0 Å². The predicted molar refractivity (Wildman–Crippen MR) is 158 cm³/mol. The summed E-state index contributed by atoms with van der Waals surface area (Å²) in [6.45, 7) is 4.14. The zero-order valence-corrected chi connectivity index (χ0v) is 23.0. The molecule has 0 radical (unpaired) electrons. The number of halogens is 1. The molecule has 2 aromatic heterocycles. The first-order chi connectivity index (χ1) is 19.5. The molecule has 1 saturated carbocycles. The fourth-order valence-corrected chi connectivity index (χ4v) is 5.20. The van der Waals surface area contributed by atoms with Crippen LogP contribution in [-0.4, -0.2) is 22.7 Å². The van der Waals surface area contributed by atoms with Gasteiger partial charge in [0.2, 0.25) is 0 Å². The SMILES string of the molecule is CCOC(=O)C1(c2ccc(-c3ccc(-c4onc(C)c4Nc4cccc(-c5ccccc5Cl)n4)cc3)cc2)CC1. The van der Waals surface area contributed by atoms with Gasteiger partial charge in [-0.15, -0.1) is 0 Å². The van der Waals surface area contributed by atoms with E-state index in [1.807, 2.05) is 80.6 Å². The van der Waals surface area contributed by atoms with E-state index < -0.39 is 5.41 Å². The molecule has 1 fully saturated rings. The Balaban J connectivity index is 1.22. The molecular weight excluding hydrogens is 522 g/mol. The summed E-state index contributed by atoms with van der Waals surface area (Å²) in [5.41, 5.74) is 6.72. The van der Waals surface area contributed by atoms with Crippen LogP contribution in [0.15, 0.2) is 95.5 Å². The fourth-order valence-electron chi connectivity index (χ4n) is 4.97. The molecule has 0 spiro atoms. The van der Waals surface area contributed by atoms with Crippen molar-refractivity contribution in [1.29, 1.82) is 0 Å². The van der Waals surface area contributed by atoms with Crippen molar-refractivity contribution in [2.24, 2.45) is 0 Å². The Morgan fingerprint density at radius 3 is 2.27 bits per heavy atom. The monoisotopic (exact) mass is 549 g/mol. The van der Waals surface area contributed by atoms with E-state index in [4.69, 9.17) is 25.8 Å². The molecule has 1 aliphatic rings. The van der Waals surface area contributed by atoms with Crippen molar-refractivity contribution in [3.8, 4) is 33.7 Å². The molecular formula is C33H28ClN3O3. The maximum atomic E-state index is 12.4. The van der Waals surface area contributed by atoms with Crippen molar-refractivity contribution in [3.05, 3.63) is 107 Å². The minimum atomic E-state index is -0.465. The second-order valence-corrected chi connectivity index (χ2v) is 10.3. The second-order valence-electron chi connectivity index (χ2n) is 9.94. The molecule has 6 rings (SSSR count). The predicted octanol–water partition coefficient (Wildman–Crippen LogP) is 8.37. The summed E-state index contributed by atoms with van der Waals surface area (Å²) in [5.74, 6) is 1.18. The van der Waals surface area contributed by atoms with E-state index in [2.05, 4.69) is 34.7 Å². The van der Waals surface area contributed by atoms with Crippen molar-refractivity contribution in [2.45, 2.75) is 32.1 Å². The van der Waals surface area contributed by atoms with Gasteiger partial charge in [0.25, 0.3) is 0 Å². The Hall–Kier alpha value is -4.42. The van der Waals surface area contributed by atoms with Crippen LogP contribution in [0.3, 0.4) is 0 Å². The molecule has 5 aromatic rings. The summed E-state index contributed by atoms with van der Waals surface area (Å²) in [5, 5.41) is 8.25. The Bertz CT molecular complexity index is 1670. The summed E-state index contributed by atoms with van der Waals surface area (Å²) < 4.78 is 11.0. The largest absolute Gasteiger partial charge is 0.465 e. The van der Waals surface area contributed by atoms with Gasteiger partial charge in [-0.25, -0.2) is 4.98 Å². The number of nitrogens with one attached hydrogen (secondary N) is 1. The van der Waals surface area contributed by atoms with Crippen LogP contribution in [-0.2, 0) is 14.9 Å². The maximum Gasteiger partial charge on any atom is 0.316 e. The zero-order chi connectivity index (χ0) is 27.7. The third-order valence-corrected chi connectivity index (χ3v) is 7.68. The van der Waals surface area contributed by atoms with Gasteiger partial charge in [0, 0.05) is 16.1 Å². The van der Waals surface area contributed by atoms with E-state index in [0.717, 1.165) is 57.7 Å². The van der Waals surface area contributed by atoms with Crippen LogP contribution < -0.4 is 5.32 Å². The fraction of sp³-hybridized carbons (Fsp3) is 0.182. The number of aryl methyl sites for hydroxylation is 1. The number of nitrogens with zero attached hydrogens (tertiary/aromatic N) is 2. The van der Waals surface area contributed by atoms with Crippen LogP contribution in [0.4, 0.5) is 11.5 Å². The van der Waals surface area contributed by atoms with Crippen LogP contribution in [0, 0.1) is 6.92 Å². The van der Waals surface area contributed by atoms with Crippen LogP contribution in [0.25, 0.3) is 33.7 Å². The van der Waals surface area contributed by atoms with Crippen molar-refractivity contribution in [2.75, 3.05) is 11.9 Å². The van der Waals surface area contributed by atoms with Gasteiger partial charge in [0.1, 0.15) is 17.2 Å². The molecule has 0 bridgehead atoms. The molecule has 0 aliphatic heterocycles. The number of carbonyl (C=O) groups is 1. The molecule has 0 atom stereocenters. The highest BCUT2D eigenvalue weighted by atomic mass is 35.5. The van der Waals surface area contributed by atoms with E-state index in [1.165, 1.54) is 0 Å². The van der Waals surface area contributed by atoms with Crippen LogP contribution in [0.2, 0.25) is 5.02 Å². The van der Waals surface area contributed by atoms with E-state index in [-0.39, 0.29) is 5.97 Å². The summed E-state index contributed by atoms with van der Waals surface area (Å²) in [6, 6.07) is 29.8. The standard InChI is InChI=1S/C33H28ClN3O3/c1-3-39-32(38)33(19-20-33)25-17-15-23(16-18-25)22-11-13-24(14-12-22)31-30(21(2)37-40-31)36-29-10-6-9-28(35-29)26-7-4-5-8-27(26)34/h4-18H,3,19-20H2,1-2H3,(H,35,36). The van der Waals surface area contributed by atoms with Gasteiger partial charge in [-0.3, -0.25) is 4.79 Å². The molecule has 2 heterocycles. The molecule has 0 unspecified atom stereocenters. The minimum Gasteiger partial charge on any atom is -0.465 e. The molecule has 1 aliphatic carbocycles. The van der Waals surface area contributed by atoms with Gasteiger partial charge >= 0.3 is 5.97 Å². The summed E-state index contributed by atoms with van der Waals surface area (Å²) in [7, 11) is 0. The maximum absolute atomic E-state index is 12.4. The van der Waals surface area contributed by atoms with Crippen molar-refractivity contribution in [1.82, 2.24) is 10.1 Å². The van der Waals surface area contributed by atoms with E-state index in [1.54, 1.807) is 0 Å². The summed E-state index contributed by atoms with van der Waals surface area (Å²) in [4.78, 5) is 17.2. The number of anilines is 2. The lowest BCUT2D eigenvalue weighted by Crippen LogP contribution is -2.23. The van der Waals surface area contributed by atoms with Crippen molar-refractivity contribution >= 4 is 29.1 Å². The Labute approximate surface area is 238 Å². The number of esters is 1. The molecule has 7 heteroatoms. The lowest BCUT2D eigenvalue weighted by Gasteiger charge is -2.14. The average molecular weight is 550 g/mol. The molecule has 0 saturated heterocycles. The number of benzene rings is 3. The number of hydrogen-bond donors (Lipinski definition) is 1. The van der Waals surface area contributed by atoms with E-state index in [9.17, 15) is 4.79 Å². The molecule has 0 amide bonds. The number of pyridine rings is 1. The van der Waals surface area contributed by atoms with Crippen LogP contribution >= 0.6 is 11.6 Å². The van der Waals surface area contributed by atoms with E-state index in [0.29, 0.717) is 23.2 Å². The Morgan fingerprint density at radius 1 is 0.925 bits per heavy atom. The number of hydrogen-bond acceptors (Lipinski definition) is 6. The first-order valence-electron chi connectivity index (χ1n) is 13.3. The number of carbonyl (C=O) groups excluding carboxylic acids is 1. The van der Waals surface area contributed by atoms with Crippen LogP contribution in [0.1, 0.15) is 31.0 Å². The first kappa shape index (κ1) is 25.8. The third kappa shape index (κ3) is 4.87. The van der Waals surface area contributed by atoms with Gasteiger partial charge in [0.15, 0.2) is 5.76 Å². The Morgan fingerprint density at radius 2 is 1.60 bits per heavy atom. The van der Waals surface area contributed by atoms with Gasteiger partial charge in [-0.2, -0.15) is 0 Å².